The summed E-state index contributed by atoms with van der Waals surface area (Å²) in [5.74, 6) is -0.674. The third kappa shape index (κ3) is 8.77. The van der Waals surface area contributed by atoms with E-state index in [2.05, 4.69) is 10.6 Å². The van der Waals surface area contributed by atoms with Crippen LogP contribution in [0, 0.1) is 0 Å². The summed E-state index contributed by atoms with van der Waals surface area (Å²) in [6.45, 7) is 0.827. The largest absolute Gasteiger partial charge is 0.468 e. The molecule has 0 aliphatic carbocycles. The van der Waals surface area contributed by atoms with Gasteiger partial charge in [-0.2, -0.15) is 0 Å². The zero-order valence-corrected chi connectivity index (χ0v) is 17.1. The third-order valence-corrected chi connectivity index (χ3v) is 3.86. The van der Waals surface area contributed by atoms with Crippen LogP contribution < -0.4 is 10.6 Å². The Kier molecular flexibility index (Phi) is 9.70. The van der Waals surface area contributed by atoms with Gasteiger partial charge in [-0.25, -0.2) is 0 Å². The van der Waals surface area contributed by atoms with Gasteiger partial charge in [0.1, 0.15) is 13.2 Å². The Bertz CT molecular complexity index is 762. The number of thiocarbonyl (C=S) groups is 2. The molecule has 2 amide bonds. The molecule has 7 nitrogen and oxygen atoms in total. The molecule has 0 saturated carbocycles. The number of hydrogen-bond acceptors (Lipinski definition) is 7. The second-order valence-electron chi connectivity index (χ2n) is 5.52. The fourth-order valence-electron chi connectivity index (χ4n) is 2.07. The minimum Gasteiger partial charge on any atom is -0.468 e. The van der Waals surface area contributed by atoms with Crippen LogP contribution in [0.2, 0.25) is 0 Å². The molecule has 2 rings (SSSR count). The average Bonchev–Trinajstić information content (AvgIpc) is 2.74. The molecule has 0 radical (unpaired) electrons. The van der Waals surface area contributed by atoms with Crippen LogP contribution in [0.3, 0.4) is 0 Å². The first kappa shape index (κ1) is 22.4. The van der Waals surface area contributed by atoms with Gasteiger partial charge in [-0.3, -0.25) is 20.2 Å². The van der Waals surface area contributed by atoms with E-state index in [-0.39, 0.29) is 48.6 Å². The molecule has 0 fully saturated rings. The minimum absolute atomic E-state index is 0.0245. The van der Waals surface area contributed by atoms with Crippen LogP contribution in [0.1, 0.15) is 20.7 Å². The maximum atomic E-state index is 11.9. The lowest BCUT2D eigenvalue weighted by Crippen LogP contribution is -2.32. The summed E-state index contributed by atoms with van der Waals surface area (Å²) in [6, 6.07) is 17.4. The quantitative estimate of drug-likeness (QED) is 0.490. The van der Waals surface area contributed by atoms with Gasteiger partial charge < -0.3 is 14.2 Å². The molecule has 0 aliphatic heterocycles. The third-order valence-electron chi connectivity index (χ3n) is 3.42. The molecule has 9 heteroatoms. The SMILES string of the molecule is O=C(NC(=S)OCCOCCOC(=S)NC(=O)c1ccccc1)c1ccccc1. The van der Waals surface area contributed by atoms with Crippen molar-refractivity contribution in [3.63, 3.8) is 0 Å². The topological polar surface area (TPSA) is 85.9 Å². The highest BCUT2D eigenvalue weighted by Gasteiger charge is 2.08. The summed E-state index contributed by atoms with van der Waals surface area (Å²) in [7, 11) is 0. The molecule has 0 spiro atoms. The van der Waals surface area contributed by atoms with E-state index in [1.54, 1.807) is 48.5 Å². The van der Waals surface area contributed by atoms with Gasteiger partial charge >= 0.3 is 0 Å². The number of benzene rings is 2. The first-order valence-electron chi connectivity index (χ1n) is 8.70. The molecular formula is C20H20N2O5S2. The van der Waals surface area contributed by atoms with E-state index < -0.39 is 0 Å². The summed E-state index contributed by atoms with van der Waals surface area (Å²) >= 11 is 9.91. The van der Waals surface area contributed by atoms with Gasteiger partial charge in [0.05, 0.1) is 13.2 Å². The molecule has 0 heterocycles. The Morgan fingerprint density at radius 3 is 1.41 bits per heavy atom. The predicted octanol–water partition coefficient (Wildman–Crippen LogP) is 2.47. The van der Waals surface area contributed by atoms with E-state index >= 15 is 0 Å². The highest BCUT2D eigenvalue weighted by molar-refractivity contribution is 7.80. The second kappa shape index (κ2) is 12.6. The van der Waals surface area contributed by atoms with Gasteiger partial charge in [-0.1, -0.05) is 36.4 Å². The van der Waals surface area contributed by atoms with Gasteiger partial charge in [-0.15, -0.1) is 0 Å². The Morgan fingerprint density at radius 2 is 1.03 bits per heavy atom. The monoisotopic (exact) mass is 432 g/mol. The molecule has 0 saturated heterocycles. The molecule has 2 N–H and O–H groups in total. The fourth-order valence-corrected chi connectivity index (χ4v) is 2.42. The van der Waals surface area contributed by atoms with E-state index in [1.165, 1.54) is 0 Å². The lowest BCUT2D eigenvalue weighted by atomic mass is 10.2. The summed E-state index contributed by atoms with van der Waals surface area (Å²) < 4.78 is 15.7. The van der Waals surface area contributed by atoms with Gasteiger partial charge in [0, 0.05) is 11.1 Å². The molecule has 0 aliphatic rings. The molecule has 2 aromatic rings. The highest BCUT2D eigenvalue weighted by atomic mass is 32.1. The van der Waals surface area contributed by atoms with E-state index in [9.17, 15) is 9.59 Å². The lowest BCUT2D eigenvalue weighted by molar-refractivity contribution is 0.0691. The first-order chi connectivity index (χ1) is 14.1. The summed E-state index contributed by atoms with van der Waals surface area (Å²) in [5.41, 5.74) is 0.976. The van der Waals surface area contributed by atoms with Crippen molar-refractivity contribution >= 4 is 46.6 Å². The van der Waals surface area contributed by atoms with Crippen LogP contribution in [-0.2, 0) is 14.2 Å². The molecule has 2 aromatic carbocycles. The Morgan fingerprint density at radius 1 is 0.655 bits per heavy atom. The maximum Gasteiger partial charge on any atom is 0.263 e. The van der Waals surface area contributed by atoms with Crippen molar-refractivity contribution in [1.29, 1.82) is 0 Å². The van der Waals surface area contributed by atoms with Crippen LogP contribution >= 0.6 is 24.4 Å². The Balaban J connectivity index is 1.50. The Labute approximate surface area is 179 Å². The number of amides is 2. The number of hydrogen-bond donors (Lipinski definition) is 2. The fraction of sp³-hybridized carbons (Fsp3) is 0.200. The molecule has 0 aromatic heterocycles. The lowest BCUT2D eigenvalue weighted by Gasteiger charge is -2.10. The van der Waals surface area contributed by atoms with Crippen molar-refractivity contribution in [2.45, 2.75) is 0 Å². The molecule has 29 heavy (non-hydrogen) atoms. The van der Waals surface area contributed by atoms with Crippen LogP contribution in [0.5, 0.6) is 0 Å². The zero-order chi connectivity index (χ0) is 20.9. The van der Waals surface area contributed by atoms with Gasteiger partial charge in [0.25, 0.3) is 22.2 Å². The van der Waals surface area contributed by atoms with Crippen molar-refractivity contribution in [1.82, 2.24) is 10.6 Å². The predicted molar refractivity (Wildman–Crippen MR) is 116 cm³/mol. The zero-order valence-electron chi connectivity index (χ0n) is 15.5. The normalized spacial score (nSPS) is 9.93. The minimum atomic E-state index is -0.337. The average molecular weight is 433 g/mol. The number of ether oxygens (including phenoxy) is 3. The van der Waals surface area contributed by atoms with Crippen molar-refractivity contribution < 1.29 is 23.8 Å². The number of carbonyl (C=O) groups excluding carboxylic acids is 2. The maximum absolute atomic E-state index is 11.9. The van der Waals surface area contributed by atoms with Crippen LogP contribution in [0.4, 0.5) is 0 Å². The highest BCUT2D eigenvalue weighted by Crippen LogP contribution is 1.99. The Hall–Kier alpha value is -2.88. The van der Waals surface area contributed by atoms with Gasteiger partial charge in [0.2, 0.25) is 0 Å². The van der Waals surface area contributed by atoms with Gasteiger partial charge in [-0.05, 0) is 48.7 Å². The van der Waals surface area contributed by atoms with Crippen molar-refractivity contribution in [2.24, 2.45) is 0 Å². The van der Waals surface area contributed by atoms with E-state index in [4.69, 9.17) is 38.6 Å². The number of carbonyl (C=O) groups is 2. The van der Waals surface area contributed by atoms with Crippen LogP contribution in [0.25, 0.3) is 0 Å². The summed E-state index contributed by atoms with van der Waals surface area (Å²) in [5, 5.41) is 4.91. The molecule has 0 atom stereocenters. The van der Waals surface area contributed by atoms with Crippen LogP contribution in [-0.4, -0.2) is 48.6 Å². The molecule has 152 valence electrons. The molecule has 0 bridgehead atoms. The second-order valence-corrected chi connectivity index (χ2v) is 6.27. The number of nitrogens with one attached hydrogen (secondary N) is 2. The van der Waals surface area contributed by atoms with Crippen LogP contribution in [0.15, 0.2) is 60.7 Å². The van der Waals surface area contributed by atoms with E-state index in [0.717, 1.165) is 0 Å². The van der Waals surface area contributed by atoms with E-state index in [0.29, 0.717) is 11.1 Å². The van der Waals surface area contributed by atoms with Crippen molar-refractivity contribution in [3.05, 3.63) is 71.8 Å². The van der Waals surface area contributed by atoms with Gasteiger partial charge in [0.15, 0.2) is 0 Å². The summed E-state index contributed by atoms with van der Waals surface area (Å²) in [4.78, 5) is 23.8. The molecule has 0 unspecified atom stereocenters. The first-order valence-corrected chi connectivity index (χ1v) is 9.52. The molecular weight excluding hydrogens is 412 g/mol. The summed E-state index contributed by atoms with van der Waals surface area (Å²) in [6.07, 6.45) is 0. The van der Waals surface area contributed by atoms with Crippen molar-refractivity contribution in [3.8, 4) is 0 Å². The smallest absolute Gasteiger partial charge is 0.263 e. The number of rotatable bonds is 8. The van der Waals surface area contributed by atoms with E-state index in [1.807, 2.05) is 12.1 Å². The van der Waals surface area contributed by atoms with Crippen molar-refractivity contribution in [2.75, 3.05) is 26.4 Å². The standard InChI is InChI=1S/C20H20N2O5S2/c23-17(15-7-3-1-4-8-15)21-19(28)26-13-11-25-12-14-27-20(29)22-18(24)16-9-5-2-6-10-16/h1-10H,11-14H2,(H,21,23,28)(H,22,24,29).